The summed E-state index contributed by atoms with van der Waals surface area (Å²) in [5, 5.41) is 19.0. The van der Waals surface area contributed by atoms with Crippen LogP contribution >= 0.6 is 0 Å². The lowest BCUT2D eigenvalue weighted by Crippen LogP contribution is -2.46. The number of nitrogens with one attached hydrogen (secondary N) is 1. The van der Waals surface area contributed by atoms with Crippen LogP contribution in [-0.2, 0) is 0 Å². The van der Waals surface area contributed by atoms with E-state index in [9.17, 15) is 19.7 Å². The summed E-state index contributed by atoms with van der Waals surface area (Å²) in [5.74, 6) is -0.901. The molecule has 1 heterocycles. The van der Waals surface area contributed by atoms with Gasteiger partial charge in [-0.05, 0) is 17.9 Å². The van der Waals surface area contributed by atoms with E-state index in [1.165, 1.54) is 37.4 Å². The number of urea groups is 1. The van der Waals surface area contributed by atoms with Crippen LogP contribution in [0.25, 0.3) is 10.8 Å². The lowest BCUT2D eigenvalue weighted by molar-refractivity contribution is -0.386. The Hall–Kier alpha value is -4.54. The van der Waals surface area contributed by atoms with Gasteiger partial charge in [-0.15, -0.1) is 0 Å². The van der Waals surface area contributed by atoms with Gasteiger partial charge in [-0.1, -0.05) is 36.4 Å². The average Bonchev–Trinajstić information content (AvgIpc) is 3.37. The van der Waals surface area contributed by atoms with Gasteiger partial charge in [0.25, 0.3) is 5.91 Å². The molecule has 3 amide bonds. The van der Waals surface area contributed by atoms with Crippen LogP contribution in [0.5, 0.6) is 17.2 Å². The Morgan fingerprint density at radius 1 is 0.943 bits per heavy atom. The molecular formula is C24H24N4O7. The van der Waals surface area contributed by atoms with Crippen molar-refractivity contribution in [3.63, 3.8) is 0 Å². The second-order valence-electron chi connectivity index (χ2n) is 7.66. The number of ether oxygens (including phenoxy) is 3. The van der Waals surface area contributed by atoms with Gasteiger partial charge < -0.3 is 19.5 Å². The van der Waals surface area contributed by atoms with Crippen LogP contribution in [0, 0.1) is 10.1 Å². The van der Waals surface area contributed by atoms with Crippen molar-refractivity contribution in [2.75, 3.05) is 39.7 Å². The summed E-state index contributed by atoms with van der Waals surface area (Å²) in [5.41, 5.74) is -0.267. The van der Waals surface area contributed by atoms with Crippen LogP contribution in [0.15, 0.2) is 48.5 Å². The van der Waals surface area contributed by atoms with E-state index < -0.39 is 22.5 Å². The third-order valence-corrected chi connectivity index (χ3v) is 5.75. The maximum Gasteiger partial charge on any atom is 0.340 e. The fourth-order valence-corrected chi connectivity index (χ4v) is 4.17. The zero-order chi connectivity index (χ0) is 25.1. The minimum absolute atomic E-state index is 0.00905. The minimum atomic E-state index is -0.735. The molecule has 1 aliphatic heterocycles. The largest absolute Gasteiger partial charge is 0.493 e. The topological polar surface area (TPSA) is 123 Å². The van der Waals surface area contributed by atoms with Crippen molar-refractivity contribution in [2.24, 2.45) is 0 Å². The van der Waals surface area contributed by atoms with Gasteiger partial charge in [0.05, 0.1) is 31.9 Å². The van der Waals surface area contributed by atoms with Gasteiger partial charge in [-0.25, -0.2) is 14.8 Å². The second kappa shape index (κ2) is 9.75. The van der Waals surface area contributed by atoms with Crippen molar-refractivity contribution in [2.45, 2.75) is 6.42 Å². The van der Waals surface area contributed by atoms with Crippen LogP contribution in [0.3, 0.4) is 0 Å². The van der Waals surface area contributed by atoms with Gasteiger partial charge in [0, 0.05) is 24.5 Å². The SMILES string of the molecule is COc1cc(C(=O)N2CCCN2C(=O)Nc2cccc3ccccc23)c([N+](=O)[O-])c(OC)c1OC. The van der Waals surface area contributed by atoms with E-state index in [4.69, 9.17) is 14.2 Å². The molecule has 11 nitrogen and oxygen atoms in total. The first-order chi connectivity index (χ1) is 16.9. The molecule has 1 aliphatic rings. The first kappa shape index (κ1) is 23.6. The number of amides is 3. The summed E-state index contributed by atoms with van der Waals surface area (Å²) in [6.45, 7) is 0.468. The number of rotatable bonds is 6. The van der Waals surface area contributed by atoms with Crippen LogP contribution in [0.2, 0.25) is 0 Å². The highest BCUT2D eigenvalue weighted by atomic mass is 16.6. The van der Waals surface area contributed by atoms with E-state index in [2.05, 4.69) is 5.32 Å². The standard InChI is InChI=1S/C24H24N4O7/c1-33-19-14-17(20(28(31)32)22(35-3)21(19)34-2)23(29)26-12-7-13-27(26)24(30)25-18-11-6-9-15-8-4-5-10-16(15)18/h4-6,8-11,14H,7,12-13H2,1-3H3,(H,25,30). The molecule has 0 atom stereocenters. The predicted octanol–water partition coefficient (Wildman–Crippen LogP) is 4.07. The molecule has 1 fully saturated rings. The summed E-state index contributed by atoms with van der Waals surface area (Å²) >= 11 is 0. The van der Waals surface area contributed by atoms with E-state index in [1.54, 1.807) is 6.07 Å². The second-order valence-corrected chi connectivity index (χ2v) is 7.66. The number of nitro benzene ring substituents is 1. The van der Waals surface area contributed by atoms with Crippen molar-refractivity contribution in [3.05, 3.63) is 64.2 Å². The maximum atomic E-state index is 13.5. The average molecular weight is 480 g/mol. The Kier molecular flexibility index (Phi) is 6.58. The van der Waals surface area contributed by atoms with E-state index in [0.29, 0.717) is 12.1 Å². The molecule has 0 bridgehead atoms. The Bertz CT molecular complexity index is 1310. The maximum absolute atomic E-state index is 13.5. The lowest BCUT2D eigenvalue weighted by atomic mass is 10.1. The number of fused-ring (bicyclic) bond motifs is 1. The zero-order valence-corrected chi connectivity index (χ0v) is 19.4. The molecule has 11 heteroatoms. The number of carbonyl (C=O) groups excluding carboxylic acids is 2. The fraction of sp³-hybridized carbons (Fsp3) is 0.250. The third-order valence-electron chi connectivity index (χ3n) is 5.75. The molecule has 0 saturated carbocycles. The van der Waals surface area contributed by atoms with Crippen molar-refractivity contribution >= 4 is 34.1 Å². The highest BCUT2D eigenvalue weighted by Gasteiger charge is 2.38. The zero-order valence-electron chi connectivity index (χ0n) is 19.4. The number of methoxy groups -OCH3 is 3. The molecule has 3 aromatic carbocycles. The van der Waals surface area contributed by atoms with E-state index in [0.717, 1.165) is 10.8 Å². The molecule has 3 aromatic rings. The van der Waals surface area contributed by atoms with Crippen LogP contribution in [0.4, 0.5) is 16.2 Å². The van der Waals surface area contributed by atoms with Crippen LogP contribution in [0.1, 0.15) is 16.8 Å². The van der Waals surface area contributed by atoms with Gasteiger partial charge >= 0.3 is 11.7 Å². The van der Waals surface area contributed by atoms with Crippen LogP contribution in [-0.4, -0.2) is 61.3 Å². The molecule has 0 aliphatic carbocycles. The molecule has 1 N–H and O–H groups in total. The number of nitrogens with zero attached hydrogens (tertiary/aromatic N) is 3. The Morgan fingerprint density at radius 3 is 2.31 bits per heavy atom. The summed E-state index contributed by atoms with van der Waals surface area (Å²) in [6, 6.07) is 13.8. The molecule has 0 spiro atoms. The monoisotopic (exact) mass is 480 g/mol. The van der Waals surface area contributed by atoms with Crippen molar-refractivity contribution in [1.82, 2.24) is 10.0 Å². The molecule has 0 radical (unpaired) electrons. The van der Waals surface area contributed by atoms with Crippen molar-refractivity contribution in [3.8, 4) is 17.2 Å². The summed E-state index contributed by atoms with van der Waals surface area (Å²) in [6.07, 6.45) is 0.507. The highest BCUT2D eigenvalue weighted by molar-refractivity contribution is 6.04. The fourth-order valence-electron chi connectivity index (χ4n) is 4.17. The van der Waals surface area contributed by atoms with Gasteiger partial charge in [0.2, 0.25) is 11.5 Å². The lowest BCUT2D eigenvalue weighted by Gasteiger charge is -2.28. The molecule has 4 rings (SSSR count). The van der Waals surface area contributed by atoms with Gasteiger partial charge in [0.15, 0.2) is 5.75 Å². The third kappa shape index (κ3) is 4.23. The van der Waals surface area contributed by atoms with Gasteiger partial charge in [-0.2, -0.15) is 0 Å². The number of anilines is 1. The number of hydrazine groups is 1. The number of benzene rings is 3. The number of nitro groups is 1. The van der Waals surface area contributed by atoms with Crippen molar-refractivity contribution < 1.29 is 28.7 Å². The van der Waals surface area contributed by atoms with E-state index in [1.807, 2.05) is 36.4 Å². The molecular weight excluding hydrogens is 456 g/mol. The Labute approximate surface area is 200 Å². The van der Waals surface area contributed by atoms with Gasteiger partial charge in [0.1, 0.15) is 5.56 Å². The smallest absolute Gasteiger partial charge is 0.340 e. The highest BCUT2D eigenvalue weighted by Crippen LogP contribution is 2.46. The van der Waals surface area contributed by atoms with E-state index >= 15 is 0 Å². The minimum Gasteiger partial charge on any atom is -0.493 e. The predicted molar refractivity (Wildman–Crippen MR) is 128 cm³/mol. The first-order valence-corrected chi connectivity index (χ1v) is 10.8. The van der Waals surface area contributed by atoms with Gasteiger partial charge in [-0.3, -0.25) is 14.9 Å². The summed E-state index contributed by atoms with van der Waals surface area (Å²) in [7, 11) is 3.89. The first-order valence-electron chi connectivity index (χ1n) is 10.8. The van der Waals surface area contributed by atoms with E-state index in [-0.39, 0.29) is 35.9 Å². The normalized spacial score (nSPS) is 13.0. The summed E-state index contributed by atoms with van der Waals surface area (Å²) < 4.78 is 15.7. The quantitative estimate of drug-likeness (QED) is 0.417. The number of hydrogen-bond acceptors (Lipinski definition) is 7. The molecule has 182 valence electrons. The Morgan fingerprint density at radius 2 is 1.63 bits per heavy atom. The Balaban J connectivity index is 1.69. The van der Waals surface area contributed by atoms with Crippen LogP contribution < -0.4 is 19.5 Å². The molecule has 35 heavy (non-hydrogen) atoms. The summed E-state index contributed by atoms with van der Waals surface area (Å²) in [4.78, 5) is 37.9. The molecule has 1 saturated heterocycles. The number of hydrogen-bond donors (Lipinski definition) is 1. The molecule has 0 aromatic heterocycles. The molecule has 0 unspecified atom stereocenters. The number of carbonyl (C=O) groups is 2. The van der Waals surface area contributed by atoms with Crippen molar-refractivity contribution in [1.29, 1.82) is 0 Å².